The fourth-order valence-corrected chi connectivity index (χ4v) is 2.91. The van der Waals surface area contributed by atoms with Crippen LogP contribution in [0.5, 0.6) is 11.5 Å². The number of ether oxygens (including phenoxy) is 2. The lowest BCUT2D eigenvalue weighted by atomic mass is 10.1. The van der Waals surface area contributed by atoms with Crippen molar-refractivity contribution in [2.75, 3.05) is 44.2 Å². The summed E-state index contributed by atoms with van der Waals surface area (Å²) < 4.78 is 10.7. The largest absolute Gasteiger partial charge is 0.496 e. The predicted molar refractivity (Wildman–Crippen MR) is 90.9 cm³/mol. The fourth-order valence-electron chi connectivity index (χ4n) is 2.91. The number of benzene rings is 2. The van der Waals surface area contributed by atoms with Crippen molar-refractivity contribution in [2.45, 2.75) is 0 Å². The Morgan fingerprint density at radius 3 is 2.13 bits per heavy atom. The minimum atomic E-state index is -0.111. The molecule has 0 fully saturated rings. The van der Waals surface area contributed by atoms with Gasteiger partial charge in [-0.1, -0.05) is 18.2 Å². The lowest BCUT2D eigenvalue weighted by Gasteiger charge is -2.36. The molecule has 0 saturated carbocycles. The van der Waals surface area contributed by atoms with Crippen LogP contribution in [0.2, 0.25) is 0 Å². The molecule has 120 valence electrons. The zero-order chi connectivity index (χ0) is 16.4. The van der Waals surface area contributed by atoms with Gasteiger partial charge in [-0.05, 0) is 24.3 Å². The van der Waals surface area contributed by atoms with E-state index in [1.54, 1.807) is 31.3 Å². The van der Waals surface area contributed by atoms with E-state index in [-0.39, 0.29) is 5.91 Å². The molecule has 0 aromatic heterocycles. The molecule has 0 radical (unpaired) electrons. The average molecular weight is 312 g/mol. The van der Waals surface area contributed by atoms with Crippen molar-refractivity contribution in [3.8, 4) is 11.5 Å². The fraction of sp³-hybridized carbons (Fsp3) is 0.278. The van der Waals surface area contributed by atoms with Gasteiger partial charge in [0.25, 0.3) is 5.91 Å². The molecule has 1 aliphatic heterocycles. The highest BCUT2D eigenvalue weighted by molar-refractivity contribution is 6.11. The van der Waals surface area contributed by atoms with Gasteiger partial charge in [-0.25, -0.2) is 0 Å². The van der Waals surface area contributed by atoms with Gasteiger partial charge in [0.2, 0.25) is 0 Å². The molecule has 3 rings (SSSR count). The van der Waals surface area contributed by atoms with Gasteiger partial charge in [0.05, 0.1) is 25.6 Å². The second-order valence-corrected chi connectivity index (χ2v) is 5.40. The molecule has 0 bridgehead atoms. The molecule has 2 aromatic carbocycles. The van der Waals surface area contributed by atoms with E-state index in [4.69, 9.17) is 9.47 Å². The zero-order valence-electron chi connectivity index (χ0n) is 13.6. The second-order valence-electron chi connectivity index (χ2n) is 5.40. The first-order valence-electron chi connectivity index (χ1n) is 7.50. The van der Waals surface area contributed by atoms with Crippen LogP contribution < -0.4 is 19.3 Å². The smallest absolute Gasteiger partial charge is 0.265 e. The predicted octanol–water partition coefficient (Wildman–Crippen LogP) is 2.80. The Bertz CT molecular complexity index is 708. The van der Waals surface area contributed by atoms with E-state index in [0.717, 1.165) is 17.9 Å². The maximum atomic E-state index is 13.2. The molecule has 0 spiro atoms. The molecule has 1 aliphatic rings. The normalized spacial score (nSPS) is 13.5. The van der Waals surface area contributed by atoms with E-state index >= 15 is 0 Å². The van der Waals surface area contributed by atoms with E-state index < -0.39 is 0 Å². The summed E-state index contributed by atoms with van der Waals surface area (Å²) in [4.78, 5) is 17.1. The lowest BCUT2D eigenvalue weighted by molar-refractivity contribution is 0.0980. The number of nitrogens with zero attached hydrogens (tertiary/aromatic N) is 2. The lowest BCUT2D eigenvalue weighted by Crippen LogP contribution is -2.42. The molecule has 23 heavy (non-hydrogen) atoms. The maximum absolute atomic E-state index is 13.2. The highest BCUT2D eigenvalue weighted by Gasteiger charge is 2.29. The number of anilines is 2. The number of fused-ring (bicyclic) bond motifs is 1. The number of hydrogen-bond acceptors (Lipinski definition) is 4. The van der Waals surface area contributed by atoms with Gasteiger partial charge in [-0.2, -0.15) is 0 Å². The number of rotatable bonds is 3. The Morgan fingerprint density at radius 2 is 1.52 bits per heavy atom. The molecular weight excluding hydrogens is 292 g/mol. The first-order chi connectivity index (χ1) is 11.2. The number of para-hydroxylation sites is 2. The second kappa shape index (κ2) is 6.20. The minimum absolute atomic E-state index is 0.111. The number of methoxy groups -OCH3 is 2. The van der Waals surface area contributed by atoms with Crippen molar-refractivity contribution < 1.29 is 14.3 Å². The summed E-state index contributed by atoms with van der Waals surface area (Å²) in [6.07, 6.45) is 0. The quantitative estimate of drug-likeness (QED) is 0.874. The summed E-state index contributed by atoms with van der Waals surface area (Å²) in [5, 5.41) is 0. The molecule has 0 saturated heterocycles. The van der Waals surface area contributed by atoms with Crippen LogP contribution in [0.1, 0.15) is 10.4 Å². The maximum Gasteiger partial charge on any atom is 0.265 e. The molecule has 5 heteroatoms. The van der Waals surface area contributed by atoms with E-state index in [1.165, 1.54) is 0 Å². The van der Waals surface area contributed by atoms with Crippen LogP contribution >= 0.6 is 0 Å². The molecule has 0 N–H and O–H groups in total. The Kier molecular flexibility index (Phi) is 4.10. The van der Waals surface area contributed by atoms with Crippen molar-refractivity contribution in [3.63, 3.8) is 0 Å². The number of carbonyl (C=O) groups is 1. The highest BCUT2D eigenvalue weighted by Crippen LogP contribution is 2.36. The summed E-state index contributed by atoms with van der Waals surface area (Å²) in [5.74, 6) is 0.927. The highest BCUT2D eigenvalue weighted by atomic mass is 16.5. The Balaban J connectivity index is 2.07. The van der Waals surface area contributed by atoms with Crippen molar-refractivity contribution in [1.82, 2.24) is 0 Å². The molecule has 1 heterocycles. The van der Waals surface area contributed by atoms with Crippen LogP contribution in [0.15, 0.2) is 42.5 Å². The van der Waals surface area contributed by atoms with Crippen molar-refractivity contribution in [1.29, 1.82) is 0 Å². The molecule has 5 nitrogen and oxygen atoms in total. The Labute approximate surface area is 136 Å². The van der Waals surface area contributed by atoms with Gasteiger partial charge in [-0.3, -0.25) is 4.79 Å². The number of hydrogen-bond donors (Lipinski definition) is 0. The minimum Gasteiger partial charge on any atom is -0.496 e. The van der Waals surface area contributed by atoms with Crippen LogP contribution in [0.4, 0.5) is 11.4 Å². The summed E-state index contributed by atoms with van der Waals surface area (Å²) in [7, 11) is 5.15. The topological polar surface area (TPSA) is 42.0 Å². The number of amides is 1. The Morgan fingerprint density at radius 1 is 0.913 bits per heavy atom. The van der Waals surface area contributed by atoms with Crippen molar-refractivity contribution in [3.05, 3.63) is 48.0 Å². The van der Waals surface area contributed by atoms with Gasteiger partial charge < -0.3 is 19.3 Å². The van der Waals surface area contributed by atoms with E-state index in [9.17, 15) is 4.79 Å². The van der Waals surface area contributed by atoms with Crippen LogP contribution in [-0.4, -0.2) is 40.3 Å². The van der Waals surface area contributed by atoms with Crippen LogP contribution in [0.25, 0.3) is 0 Å². The zero-order valence-corrected chi connectivity index (χ0v) is 13.6. The summed E-state index contributed by atoms with van der Waals surface area (Å²) in [6, 6.07) is 13.3. The van der Waals surface area contributed by atoms with Crippen molar-refractivity contribution in [2.24, 2.45) is 0 Å². The third-order valence-electron chi connectivity index (χ3n) is 4.13. The SMILES string of the molecule is COc1cccc(OC)c1C(=O)N1CCN(C)c2ccccc21. The first kappa shape index (κ1) is 15.2. The summed E-state index contributed by atoms with van der Waals surface area (Å²) >= 11 is 0. The molecule has 0 unspecified atom stereocenters. The van der Waals surface area contributed by atoms with Gasteiger partial charge >= 0.3 is 0 Å². The molecule has 1 amide bonds. The molecule has 0 aliphatic carbocycles. The van der Waals surface area contributed by atoms with Crippen molar-refractivity contribution >= 4 is 17.3 Å². The van der Waals surface area contributed by atoms with E-state index in [2.05, 4.69) is 4.90 Å². The number of likely N-dealkylation sites (N-methyl/N-ethyl adjacent to an activating group) is 1. The van der Waals surface area contributed by atoms with Crippen LogP contribution in [0.3, 0.4) is 0 Å². The number of carbonyl (C=O) groups excluding carboxylic acids is 1. The summed E-state index contributed by atoms with van der Waals surface area (Å²) in [6.45, 7) is 1.40. The average Bonchev–Trinajstić information content (AvgIpc) is 2.61. The van der Waals surface area contributed by atoms with E-state index in [1.807, 2.05) is 37.4 Å². The standard InChI is InChI=1S/C18H20N2O3/c1-19-11-12-20(14-8-5-4-7-13(14)19)18(21)17-15(22-2)9-6-10-16(17)23-3/h4-10H,11-12H2,1-3H3. The van der Waals surface area contributed by atoms with Gasteiger partial charge in [0.1, 0.15) is 17.1 Å². The van der Waals surface area contributed by atoms with Gasteiger partial charge in [0.15, 0.2) is 0 Å². The van der Waals surface area contributed by atoms with Crippen LogP contribution in [-0.2, 0) is 0 Å². The Hall–Kier alpha value is -2.69. The monoisotopic (exact) mass is 312 g/mol. The molecular formula is C18H20N2O3. The molecule has 2 aromatic rings. The third-order valence-corrected chi connectivity index (χ3v) is 4.13. The molecule has 0 atom stereocenters. The van der Waals surface area contributed by atoms with E-state index in [0.29, 0.717) is 23.6 Å². The first-order valence-corrected chi connectivity index (χ1v) is 7.50. The van der Waals surface area contributed by atoms with Crippen LogP contribution in [0, 0.1) is 0 Å². The third kappa shape index (κ3) is 2.59. The van der Waals surface area contributed by atoms with Gasteiger partial charge in [0, 0.05) is 20.1 Å². The van der Waals surface area contributed by atoms with Gasteiger partial charge in [-0.15, -0.1) is 0 Å². The summed E-state index contributed by atoms with van der Waals surface area (Å²) in [5.41, 5.74) is 2.40.